The first-order valence-corrected chi connectivity index (χ1v) is 2.22. The number of rotatable bonds is 0. The Morgan fingerprint density at radius 2 is 0.917 bits per heavy atom. The molecule has 0 spiro atoms. The molecule has 0 bridgehead atoms. The zero-order valence-electron chi connectivity index (χ0n) is 7.75. The third kappa shape index (κ3) is 3480. The molecule has 0 fully saturated rings. The summed E-state index contributed by atoms with van der Waals surface area (Å²) in [6.45, 7) is 1.94. The van der Waals surface area contributed by atoms with E-state index >= 15 is 0 Å². The van der Waals surface area contributed by atoms with E-state index in [-0.39, 0.29) is 49.0 Å². The molecular weight excluding hydrogens is 228 g/mol. The van der Waals surface area contributed by atoms with Crippen LogP contribution >= 0.6 is 0 Å². The summed E-state index contributed by atoms with van der Waals surface area (Å²) in [5.74, 6) is -2.17. The number of hydrogen-bond acceptors (Lipinski definition) is 5. The maximum absolute atomic E-state index is 8.89. The first-order chi connectivity index (χ1) is 4.46. The molecule has 0 rings (SSSR count). The summed E-state index contributed by atoms with van der Waals surface area (Å²) in [7, 11) is 0.750. The molecule has 7 heteroatoms. The van der Waals surface area contributed by atoms with E-state index in [1.54, 1.807) is 0 Å². The molecule has 0 aromatic carbocycles. The molecular formula is C5H9NaO5Zn. The van der Waals surface area contributed by atoms with Crippen molar-refractivity contribution in [1.82, 2.24) is 0 Å². The smallest absolute Gasteiger partial charge is 0.857 e. The minimum Gasteiger partial charge on any atom is -0.857 e. The van der Waals surface area contributed by atoms with Crippen molar-refractivity contribution in [2.75, 3.05) is 7.11 Å². The second kappa shape index (κ2) is 30.0. The predicted molar refractivity (Wildman–Crippen MR) is 27.3 cm³/mol. The molecule has 0 saturated heterocycles. The van der Waals surface area contributed by atoms with Crippen LogP contribution in [0.2, 0.25) is 0 Å². The molecule has 0 saturated carbocycles. The van der Waals surface area contributed by atoms with Crippen LogP contribution in [0.1, 0.15) is 13.8 Å². The van der Waals surface area contributed by atoms with E-state index in [2.05, 4.69) is 0 Å². The van der Waals surface area contributed by atoms with Gasteiger partial charge in [-0.1, -0.05) is 0 Å². The van der Waals surface area contributed by atoms with E-state index < -0.39 is 11.9 Å². The molecule has 62 valence electrons. The Hall–Kier alpha value is 0.523. The van der Waals surface area contributed by atoms with Gasteiger partial charge in [0.2, 0.25) is 0 Å². The van der Waals surface area contributed by atoms with Gasteiger partial charge in [-0.25, -0.2) is 0 Å². The largest absolute Gasteiger partial charge is 2.00 e. The average molecular weight is 238 g/mol. The van der Waals surface area contributed by atoms with Gasteiger partial charge in [-0.15, -0.1) is 0 Å². The summed E-state index contributed by atoms with van der Waals surface area (Å²) in [6.07, 6.45) is 0. The Morgan fingerprint density at radius 3 is 0.917 bits per heavy atom. The molecule has 0 heterocycles. The van der Waals surface area contributed by atoms with Crippen LogP contribution in [-0.4, -0.2) is 19.0 Å². The van der Waals surface area contributed by atoms with Gasteiger partial charge in [0.25, 0.3) is 0 Å². The van der Waals surface area contributed by atoms with Gasteiger partial charge in [-0.3, -0.25) is 0 Å². The third-order valence-corrected chi connectivity index (χ3v) is 0. The van der Waals surface area contributed by atoms with Crippen molar-refractivity contribution < 1.29 is 73.9 Å². The van der Waals surface area contributed by atoms with Gasteiger partial charge < -0.3 is 24.9 Å². The summed E-state index contributed by atoms with van der Waals surface area (Å²) in [4.78, 5) is 17.8. The molecule has 0 unspecified atom stereocenters. The summed E-state index contributed by atoms with van der Waals surface area (Å²) in [5.41, 5.74) is 0. The SMILES string of the molecule is CC(=O)[O-].CC(=O)[O-].C[O-].[Na+].[Zn+2]. The minimum atomic E-state index is -1.08. The van der Waals surface area contributed by atoms with Crippen molar-refractivity contribution in [2.45, 2.75) is 13.8 Å². The maximum atomic E-state index is 8.89. The van der Waals surface area contributed by atoms with Gasteiger partial charge in [0, 0.05) is 11.9 Å². The van der Waals surface area contributed by atoms with Crippen molar-refractivity contribution in [1.29, 1.82) is 0 Å². The minimum absolute atomic E-state index is 0. The number of carboxylic acids is 2. The number of carboxylic acid groups (broad SMARTS) is 2. The van der Waals surface area contributed by atoms with E-state index in [1.165, 1.54) is 0 Å². The summed E-state index contributed by atoms with van der Waals surface area (Å²) in [6, 6.07) is 0. The fraction of sp³-hybridized carbons (Fsp3) is 0.600. The van der Waals surface area contributed by atoms with E-state index in [0.717, 1.165) is 21.0 Å². The Labute approximate surface area is 106 Å². The predicted octanol–water partition coefficient (Wildman–Crippen LogP) is -6.51. The van der Waals surface area contributed by atoms with Crippen LogP contribution in [0.5, 0.6) is 0 Å². The topological polar surface area (TPSA) is 103 Å². The standard InChI is InChI=1S/2C2H4O2.CH3O.Na.Zn/c2*1-2(3)4;1-2;;/h2*1H3,(H,3,4);1H3;;/q;;-1;+1;+2/p-2. The zero-order valence-corrected chi connectivity index (χ0v) is 12.7. The molecule has 0 aromatic heterocycles. The monoisotopic (exact) mass is 236 g/mol. The van der Waals surface area contributed by atoms with E-state index in [0.29, 0.717) is 0 Å². The Morgan fingerprint density at radius 1 is 0.917 bits per heavy atom. The molecule has 0 N–H and O–H groups in total. The summed E-state index contributed by atoms with van der Waals surface area (Å²) in [5, 5.41) is 26.0. The van der Waals surface area contributed by atoms with Crippen molar-refractivity contribution in [3.05, 3.63) is 0 Å². The fourth-order valence-electron chi connectivity index (χ4n) is 0. The molecule has 5 nitrogen and oxygen atoms in total. The van der Waals surface area contributed by atoms with Crippen LogP contribution in [-0.2, 0) is 29.1 Å². The van der Waals surface area contributed by atoms with E-state index in [4.69, 9.17) is 24.9 Å². The van der Waals surface area contributed by atoms with Crippen molar-refractivity contribution >= 4 is 11.9 Å². The molecule has 0 aliphatic carbocycles. The molecule has 12 heavy (non-hydrogen) atoms. The Balaban J connectivity index is -0.0000000198. The Kier molecular flexibility index (Phi) is 73.4. The van der Waals surface area contributed by atoms with Crippen LogP contribution < -0.4 is 44.9 Å². The number of hydrogen-bond donors (Lipinski definition) is 0. The van der Waals surface area contributed by atoms with Gasteiger partial charge in [-0.2, -0.15) is 7.11 Å². The molecule has 0 radical (unpaired) electrons. The first-order valence-electron chi connectivity index (χ1n) is 2.22. The molecule has 0 atom stereocenters. The van der Waals surface area contributed by atoms with Crippen LogP contribution in [0.4, 0.5) is 0 Å². The molecule has 0 aliphatic heterocycles. The van der Waals surface area contributed by atoms with Crippen molar-refractivity contribution in [3.63, 3.8) is 0 Å². The average Bonchev–Trinajstić information content (AvgIpc) is 1.66. The van der Waals surface area contributed by atoms with Crippen LogP contribution in [0.3, 0.4) is 0 Å². The van der Waals surface area contributed by atoms with Crippen molar-refractivity contribution in [2.24, 2.45) is 0 Å². The van der Waals surface area contributed by atoms with Gasteiger partial charge in [-0.05, 0) is 13.8 Å². The van der Waals surface area contributed by atoms with Gasteiger partial charge in [0.1, 0.15) is 0 Å². The quantitative estimate of drug-likeness (QED) is 0.390. The van der Waals surface area contributed by atoms with Gasteiger partial charge >= 0.3 is 49.0 Å². The van der Waals surface area contributed by atoms with Crippen molar-refractivity contribution in [3.8, 4) is 0 Å². The fourth-order valence-corrected chi connectivity index (χ4v) is 0. The zero-order chi connectivity index (χ0) is 9.15. The Bertz CT molecular complexity index is 77.8. The van der Waals surface area contributed by atoms with Crippen LogP contribution in [0, 0.1) is 0 Å². The number of carbonyl (C=O) groups excluding carboxylic acids is 2. The van der Waals surface area contributed by atoms with Crippen LogP contribution in [0.25, 0.3) is 0 Å². The first kappa shape index (κ1) is 29.4. The third-order valence-electron chi connectivity index (χ3n) is 0. The maximum Gasteiger partial charge on any atom is 2.00 e. The molecule has 0 aromatic rings. The van der Waals surface area contributed by atoms with E-state index in [1.807, 2.05) is 0 Å². The number of carbonyl (C=O) groups is 2. The van der Waals surface area contributed by atoms with Gasteiger partial charge in [0.05, 0.1) is 0 Å². The molecule has 0 aliphatic rings. The summed E-state index contributed by atoms with van der Waals surface area (Å²) >= 11 is 0. The normalized spacial score (nSPS) is 4.67. The number of aliphatic carboxylic acids is 2. The van der Waals surface area contributed by atoms with Gasteiger partial charge in [0.15, 0.2) is 0 Å². The second-order valence-electron chi connectivity index (χ2n) is 0.983. The van der Waals surface area contributed by atoms with E-state index in [9.17, 15) is 0 Å². The van der Waals surface area contributed by atoms with Crippen LogP contribution in [0.15, 0.2) is 0 Å². The summed E-state index contributed by atoms with van der Waals surface area (Å²) < 4.78 is 0. The molecule has 0 amide bonds. The second-order valence-corrected chi connectivity index (χ2v) is 0.983.